The molecule has 0 aliphatic rings. The molecule has 0 spiro atoms. The highest BCUT2D eigenvalue weighted by molar-refractivity contribution is 7.91. The number of sulfone groups is 1. The van der Waals surface area contributed by atoms with Crippen molar-refractivity contribution in [1.29, 1.82) is 0 Å². The minimum absolute atomic E-state index is 0.130. The summed E-state index contributed by atoms with van der Waals surface area (Å²) in [5.74, 6) is 0.130. The van der Waals surface area contributed by atoms with Crippen LogP contribution in [0.2, 0.25) is 0 Å². The van der Waals surface area contributed by atoms with Crippen molar-refractivity contribution in [2.75, 3.05) is 30.8 Å². The van der Waals surface area contributed by atoms with Gasteiger partial charge in [-0.2, -0.15) is 0 Å². The fourth-order valence-corrected chi connectivity index (χ4v) is 2.45. The first-order valence-corrected chi connectivity index (χ1v) is 8.39. The summed E-state index contributed by atoms with van der Waals surface area (Å²) >= 11 is 0. The Morgan fingerprint density at radius 2 is 1.79 bits per heavy atom. The van der Waals surface area contributed by atoms with E-state index in [1.807, 2.05) is 0 Å². The summed E-state index contributed by atoms with van der Waals surface area (Å²) in [4.78, 5) is 0.375. The Morgan fingerprint density at radius 3 is 2.37 bits per heavy atom. The first-order chi connectivity index (χ1) is 9.10. The zero-order valence-corrected chi connectivity index (χ0v) is 12.5. The van der Waals surface area contributed by atoms with Gasteiger partial charge in [0, 0.05) is 18.8 Å². The largest absolute Gasteiger partial charge is 0.383 e. The molecule has 0 fully saturated rings. The summed E-state index contributed by atoms with van der Waals surface area (Å²) in [7, 11) is -3.10. The molecule has 1 rings (SSSR count). The van der Waals surface area contributed by atoms with Crippen molar-refractivity contribution in [2.24, 2.45) is 0 Å². The van der Waals surface area contributed by atoms with E-state index in [0.717, 1.165) is 31.7 Å². The van der Waals surface area contributed by atoms with Crippen molar-refractivity contribution in [3.05, 3.63) is 24.3 Å². The molecule has 0 bridgehead atoms. The van der Waals surface area contributed by atoms with Crippen LogP contribution < -0.4 is 5.32 Å². The van der Waals surface area contributed by atoms with Crippen LogP contribution in [0.1, 0.15) is 26.7 Å². The van der Waals surface area contributed by atoms with Crippen LogP contribution in [0.4, 0.5) is 5.69 Å². The number of ether oxygens (including phenoxy) is 1. The van der Waals surface area contributed by atoms with Crippen LogP contribution in [0.3, 0.4) is 0 Å². The zero-order valence-electron chi connectivity index (χ0n) is 11.7. The quantitative estimate of drug-likeness (QED) is 0.709. The van der Waals surface area contributed by atoms with E-state index in [1.165, 1.54) is 0 Å². The highest BCUT2D eigenvalue weighted by Crippen LogP contribution is 2.14. The topological polar surface area (TPSA) is 55.4 Å². The average molecular weight is 285 g/mol. The number of unbranched alkanes of at least 4 members (excludes halogenated alkanes) is 1. The highest BCUT2D eigenvalue weighted by atomic mass is 32.2. The summed E-state index contributed by atoms with van der Waals surface area (Å²) in [5, 5.41) is 3.20. The van der Waals surface area contributed by atoms with Crippen LogP contribution in [-0.4, -0.2) is 33.9 Å². The Morgan fingerprint density at radius 1 is 1.11 bits per heavy atom. The van der Waals surface area contributed by atoms with Crippen molar-refractivity contribution in [2.45, 2.75) is 31.6 Å². The number of hydrogen-bond donors (Lipinski definition) is 1. The minimum atomic E-state index is -3.10. The summed E-state index contributed by atoms with van der Waals surface area (Å²) in [6.07, 6.45) is 2.23. The van der Waals surface area contributed by atoms with Gasteiger partial charge in [0.2, 0.25) is 0 Å². The molecule has 5 heteroatoms. The van der Waals surface area contributed by atoms with Crippen molar-refractivity contribution in [3.8, 4) is 0 Å². The van der Waals surface area contributed by atoms with Gasteiger partial charge in [-0.25, -0.2) is 8.42 Å². The molecule has 0 aliphatic heterocycles. The third-order valence-electron chi connectivity index (χ3n) is 2.81. The lowest BCUT2D eigenvalue weighted by atomic mass is 10.3. The molecule has 0 atom stereocenters. The standard InChI is InChI=1S/C14H23NO3S/c1-3-5-11-18-12-10-15-13-6-8-14(9-7-13)19(16,17)4-2/h6-9,15H,3-5,10-12H2,1-2H3. The Kier molecular flexibility index (Phi) is 6.87. The summed E-state index contributed by atoms with van der Waals surface area (Å²) < 4.78 is 28.7. The van der Waals surface area contributed by atoms with E-state index in [1.54, 1.807) is 31.2 Å². The second-order valence-corrected chi connectivity index (χ2v) is 6.60. The average Bonchev–Trinajstić information content (AvgIpc) is 2.43. The lowest BCUT2D eigenvalue weighted by Crippen LogP contribution is -2.10. The molecule has 4 nitrogen and oxygen atoms in total. The van der Waals surface area contributed by atoms with Crippen molar-refractivity contribution in [3.63, 3.8) is 0 Å². The Hall–Kier alpha value is -1.07. The van der Waals surface area contributed by atoms with Gasteiger partial charge in [0.25, 0.3) is 0 Å². The number of anilines is 1. The number of rotatable bonds is 9. The molecule has 0 radical (unpaired) electrons. The van der Waals surface area contributed by atoms with E-state index >= 15 is 0 Å². The SMILES string of the molecule is CCCCOCCNc1ccc(S(=O)(=O)CC)cc1. The molecule has 0 aromatic heterocycles. The second-order valence-electron chi connectivity index (χ2n) is 4.32. The summed E-state index contributed by atoms with van der Waals surface area (Å²) in [6, 6.07) is 6.85. The number of nitrogens with one attached hydrogen (secondary N) is 1. The molecule has 108 valence electrons. The molecule has 0 aliphatic carbocycles. The molecule has 1 N–H and O–H groups in total. The summed E-state index contributed by atoms with van der Waals surface area (Å²) in [5.41, 5.74) is 0.911. The molecule has 0 unspecified atom stereocenters. The van der Waals surface area contributed by atoms with Gasteiger partial charge < -0.3 is 10.1 Å². The predicted octanol–water partition coefficient (Wildman–Crippen LogP) is 2.71. The molecule has 1 aromatic rings. The van der Waals surface area contributed by atoms with Crippen molar-refractivity contribution in [1.82, 2.24) is 0 Å². The first-order valence-electron chi connectivity index (χ1n) is 6.74. The van der Waals surface area contributed by atoms with Gasteiger partial charge in [-0.1, -0.05) is 20.3 Å². The lowest BCUT2D eigenvalue weighted by Gasteiger charge is -2.08. The van der Waals surface area contributed by atoms with E-state index in [0.29, 0.717) is 11.5 Å². The zero-order chi connectivity index (χ0) is 14.1. The van der Waals surface area contributed by atoms with Gasteiger partial charge in [0.05, 0.1) is 17.3 Å². The maximum absolute atomic E-state index is 11.6. The monoisotopic (exact) mass is 285 g/mol. The normalized spacial score (nSPS) is 11.5. The smallest absolute Gasteiger partial charge is 0.178 e. The van der Waals surface area contributed by atoms with Crippen LogP contribution in [0.5, 0.6) is 0 Å². The molecule has 0 heterocycles. The van der Waals surface area contributed by atoms with E-state index < -0.39 is 9.84 Å². The minimum Gasteiger partial charge on any atom is -0.383 e. The Bertz CT molecular complexity index is 454. The van der Waals surface area contributed by atoms with Crippen LogP contribution in [0.25, 0.3) is 0 Å². The van der Waals surface area contributed by atoms with Gasteiger partial charge >= 0.3 is 0 Å². The van der Waals surface area contributed by atoms with Gasteiger partial charge in [-0.3, -0.25) is 0 Å². The maximum Gasteiger partial charge on any atom is 0.178 e. The molecular weight excluding hydrogens is 262 g/mol. The molecule has 0 saturated heterocycles. The highest BCUT2D eigenvalue weighted by Gasteiger charge is 2.10. The maximum atomic E-state index is 11.6. The van der Waals surface area contributed by atoms with E-state index in [9.17, 15) is 8.42 Å². The van der Waals surface area contributed by atoms with Crippen LogP contribution in [-0.2, 0) is 14.6 Å². The number of benzene rings is 1. The van der Waals surface area contributed by atoms with E-state index in [-0.39, 0.29) is 5.75 Å². The third kappa shape index (κ3) is 5.61. The van der Waals surface area contributed by atoms with Crippen LogP contribution >= 0.6 is 0 Å². The fraction of sp³-hybridized carbons (Fsp3) is 0.571. The third-order valence-corrected chi connectivity index (χ3v) is 4.56. The molecule has 19 heavy (non-hydrogen) atoms. The molecule has 0 amide bonds. The lowest BCUT2D eigenvalue weighted by molar-refractivity contribution is 0.141. The van der Waals surface area contributed by atoms with E-state index in [2.05, 4.69) is 12.2 Å². The first kappa shape index (κ1) is 16.0. The molecular formula is C14H23NO3S. The van der Waals surface area contributed by atoms with Gasteiger partial charge in [0.15, 0.2) is 9.84 Å². The predicted molar refractivity (Wildman–Crippen MR) is 78.4 cm³/mol. The molecule has 1 aromatic carbocycles. The van der Waals surface area contributed by atoms with Gasteiger partial charge in [0.1, 0.15) is 0 Å². The second kappa shape index (κ2) is 8.17. The van der Waals surface area contributed by atoms with E-state index in [4.69, 9.17) is 4.74 Å². The van der Waals surface area contributed by atoms with Crippen molar-refractivity contribution < 1.29 is 13.2 Å². The molecule has 0 saturated carbocycles. The number of hydrogen-bond acceptors (Lipinski definition) is 4. The van der Waals surface area contributed by atoms with Gasteiger partial charge in [-0.15, -0.1) is 0 Å². The Balaban J connectivity index is 2.37. The van der Waals surface area contributed by atoms with Crippen LogP contribution in [0.15, 0.2) is 29.2 Å². The van der Waals surface area contributed by atoms with Crippen molar-refractivity contribution >= 4 is 15.5 Å². The summed E-state index contributed by atoms with van der Waals surface area (Å²) in [6.45, 7) is 5.97. The Labute approximate surface area is 116 Å². The fourth-order valence-electron chi connectivity index (χ4n) is 1.56. The van der Waals surface area contributed by atoms with Crippen LogP contribution in [0, 0.1) is 0 Å². The van der Waals surface area contributed by atoms with Gasteiger partial charge in [-0.05, 0) is 30.7 Å².